The molecule has 0 radical (unpaired) electrons. The van der Waals surface area contributed by atoms with E-state index in [0.717, 1.165) is 5.56 Å². The molecule has 3 nitrogen and oxygen atoms in total. The standard InChI is InChI=1S/C13H18FNO2/c1-2-16-9-17-13-6-3-11(14)7-10(13)8-15-12-4-5-12/h3,6-7,12,15H,2,4-5,8-9H2,1H3. The van der Waals surface area contributed by atoms with Crippen LogP contribution in [0.3, 0.4) is 0 Å². The summed E-state index contributed by atoms with van der Waals surface area (Å²) in [6, 6.07) is 5.16. The summed E-state index contributed by atoms with van der Waals surface area (Å²) in [6.45, 7) is 3.36. The maximum absolute atomic E-state index is 13.2. The normalized spacial score (nSPS) is 14.9. The molecule has 0 unspecified atom stereocenters. The molecular weight excluding hydrogens is 221 g/mol. The molecule has 0 spiro atoms. The fraction of sp³-hybridized carbons (Fsp3) is 0.538. The molecule has 1 aliphatic rings. The van der Waals surface area contributed by atoms with Crippen molar-refractivity contribution in [3.8, 4) is 5.75 Å². The number of nitrogens with one attached hydrogen (secondary N) is 1. The molecule has 1 aromatic rings. The highest BCUT2D eigenvalue weighted by molar-refractivity contribution is 5.34. The highest BCUT2D eigenvalue weighted by Crippen LogP contribution is 2.23. The van der Waals surface area contributed by atoms with Crippen molar-refractivity contribution in [1.82, 2.24) is 5.32 Å². The smallest absolute Gasteiger partial charge is 0.189 e. The molecule has 1 fully saturated rings. The molecule has 1 aromatic carbocycles. The second kappa shape index (κ2) is 5.98. The number of halogens is 1. The molecule has 0 aliphatic heterocycles. The van der Waals surface area contributed by atoms with Gasteiger partial charge in [0.2, 0.25) is 0 Å². The Morgan fingerprint density at radius 3 is 2.94 bits per heavy atom. The molecule has 1 N–H and O–H groups in total. The van der Waals surface area contributed by atoms with E-state index in [2.05, 4.69) is 5.32 Å². The van der Waals surface area contributed by atoms with Crippen LogP contribution in [0.1, 0.15) is 25.3 Å². The lowest BCUT2D eigenvalue weighted by Gasteiger charge is -2.12. The third-order valence-electron chi connectivity index (χ3n) is 2.68. The van der Waals surface area contributed by atoms with Crippen LogP contribution in [0.2, 0.25) is 0 Å². The lowest BCUT2D eigenvalue weighted by molar-refractivity contribution is 0.0217. The van der Waals surface area contributed by atoms with Crippen LogP contribution < -0.4 is 10.1 Å². The van der Waals surface area contributed by atoms with Gasteiger partial charge in [-0.3, -0.25) is 0 Å². The second-order valence-corrected chi connectivity index (χ2v) is 4.16. The van der Waals surface area contributed by atoms with Gasteiger partial charge in [0.05, 0.1) is 0 Å². The zero-order valence-corrected chi connectivity index (χ0v) is 10.0. The number of hydrogen-bond donors (Lipinski definition) is 1. The summed E-state index contributed by atoms with van der Waals surface area (Å²) in [5, 5.41) is 3.34. The van der Waals surface area contributed by atoms with Crippen molar-refractivity contribution in [2.75, 3.05) is 13.4 Å². The van der Waals surface area contributed by atoms with Crippen molar-refractivity contribution >= 4 is 0 Å². The third-order valence-corrected chi connectivity index (χ3v) is 2.68. The average Bonchev–Trinajstić information content (AvgIpc) is 3.13. The van der Waals surface area contributed by atoms with E-state index in [1.54, 1.807) is 6.07 Å². The third kappa shape index (κ3) is 3.98. The molecular formula is C13H18FNO2. The van der Waals surface area contributed by atoms with Gasteiger partial charge in [0.25, 0.3) is 0 Å². The summed E-state index contributed by atoms with van der Waals surface area (Å²) >= 11 is 0. The van der Waals surface area contributed by atoms with Gasteiger partial charge in [0.15, 0.2) is 6.79 Å². The first-order valence-corrected chi connectivity index (χ1v) is 6.02. The van der Waals surface area contributed by atoms with Crippen molar-refractivity contribution < 1.29 is 13.9 Å². The van der Waals surface area contributed by atoms with Gasteiger partial charge in [0, 0.05) is 24.8 Å². The van der Waals surface area contributed by atoms with Crippen molar-refractivity contribution in [3.63, 3.8) is 0 Å². The summed E-state index contributed by atoms with van der Waals surface area (Å²) in [6.07, 6.45) is 2.43. The summed E-state index contributed by atoms with van der Waals surface area (Å²) in [7, 11) is 0. The summed E-state index contributed by atoms with van der Waals surface area (Å²) < 4.78 is 23.7. The highest BCUT2D eigenvalue weighted by atomic mass is 19.1. The van der Waals surface area contributed by atoms with Crippen LogP contribution >= 0.6 is 0 Å². The fourth-order valence-corrected chi connectivity index (χ4v) is 1.56. The van der Waals surface area contributed by atoms with Gasteiger partial charge in [0.1, 0.15) is 11.6 Å². The minimum atomic E-state index is -0.235. The largest absolute Gasteiger partial charge is 0.467 e. The fourth-order valence-electron chi connectivity index (χ4n) is 1.56. The van der Waals surface area contributed by atoms with E-state index in [1.807, 2.05) is 6.92 Å². The van der Waals surface area contributed by atoms with Gasteiger partial charge >= 0.3 is 0 Å². The predicted octanol–water partition coefficient (Wildman–Crippen LogP) is 2.45. The number of hydrogen-bond acceptors (Lipinski definition) is 3. The van der Waals surface area contributed by atoms with Crippen molar-refractivity contribution in [1.29, 1.82) is 0 Å². The first-order valence-electron chi connectivity index (χ1n) is 6.02. The Hall–Kier alpha value is -1.13. The van der Waals surface area contributed by atoms with E-state index < -0.39 is 0 Å². The first kappa shape index (κ1) is 12.3. The first-order chi connectivity index (χ1) is 8.29. The van der Waals surface area contributed by atoms with Crippen LogP contribution in [0.25, 0.3) is 0 Å². The quantitative estimate of drug-likeness (QED) is 0.585. The molecule has 0 amide bonds. The lowest BCUT2D eigenvalue weighted by Crippen LogP contribution is -2.16. The Morgan fingerprint density at radius 2 is 2.24 bits per heavy atom. The number of benzene rings is 1. The zero-order chi connectivity index (χ0) is 12.1. The molecule has 0 heterocycles. The predicted molar refractivity (Wildman–Crippen MR) is 63.4 cm³/mol. The number of rotatable bonds is 7. The van der Waals surface area contributed by atoms with Gasteiger partial charge in [-0.2, -0.15) is 0 Å². The van der Waals surface area contributed by atoms with E-state index >= 15 is 0 Å². The SMILES string of the molecule is CCOCOc1ccc(F)cc1CNC1CC1. The Bertz CT molecular complexity index is 366. The average molecular weight is 239 g/mol. The van der Waals surface area contributed by atoms with E-state index in [4.69, 9.17) is 9.47 Å². The Balaban J connectivity index is 1.95. The Kier molecular flexibility index (Phi) is 4.34. The molecule has 1 aliphatic carbocycles. The second-order valence-electron chi connectivity index (χ2n) is 4.16. The number of ether oxygens (including phenoxy) is 2. The van der Waals surface area contributed by atoms with Crippen molar-refractivity contribution in [2.24, 2.45) is 0 Å². The molecule has 0 saturated heterocycles. The lowest BCUT2D eigenvalue weighted by atomic mass is 10.2. The minimum Gasteiger partial charge on any atom is -0.467 e. The van der Waals surface area contributed by atoms with Gasteiger partial charge in [-0.15, -0.1) is 0 Å². The minimum absolute atomic E-state index is 0.207. The van der Waals surface area contributed by atoms with Crippen LogP contribution in [-0.4, -0.2) is 19.4 Å². The Morgan fingerprint density at radius 1 is 1.41 bits per heavy atom. The topological polar surface area (TPSA) is 30.5 Å². The molecule has 0 aromatic heterocycles. The van der Waals surface area contributed by atoms with Crippen LogP contribution in [-0.2, 0) is 11.3 Å². The summed E-state index contributed by atoms with van der Waals surface area (Å²) in [5.41, 5.74) is 0.844. The monoisotopic (exact) mass is 239 g/mol. The molecule has 1 saturated carbocycles. The van der Waals surface area contributed by atoms with E-state index in [0.29, 0.717) is 24.9 Å². The van der Waals surface area contributed by atoms with Gasteiger partial charge in [-0.05, 0) is 38.0 Å². The zero-order valence-electron chi connectivity index (χ0n) is 10.0. The van der Waals surface area contributed by atoms with Crippen LogP contribution in [0.4, 0.5) is 4.39 Å². The molecule has 17 heavy (non-hydrogen) atoms. The molecule has 0 atom stereocenters. The summed E-state index contributed by atoms with van der Waals surface area (Å²) in [5.74, 6) is 0.453. The molecule has 0 bridgehead atoms. The molecule has 94 valence electrons. The molecule has 2 rings (SSSR count). The van der Waals surface area contributed by atoms with Crippen LogP contribution in [0, 0.1) is 5.82 Å². The van der Waals surface area contributed by atoms with Crippen molar-refractivity contribution in [2.45, 2.75) is 32.4 Å². The highest BCUT2D eigenvalue weighted by Gasteiger charge is 2.20. The maximum atomic E-state index is 13.2. The Labute approximate surface area is 101 Å². The molecule has 4 heteroatoms. The van der Waals surface area contributed by atoms with Crippen LogP contribution in [0.5, 0.6) is 5.75 Å². The van der Waals surface area contributed by atoms with E-state index in [-0.39, 0.29) is 12.6 Å². The maximum Gasteiger partial charge on any atom is 0.189 e. The van der Waals surface area contributed by atoms with Gasteiger partial charge < -0.3 is 14.8 Å². The van der Waals surface area contributed by atoms with E-state index in [1.165, 1.54) is 25.0 Å². The summed E-state index contributed by atoms with van der Waals surface area (Å²) in [4.78, 5) is 0. The van der Waals surface area contributed by atoms with Gasteiger partial charge in [-0.1, -0.05) is 0 Å². The van der Waals surface area contributed by atoms with E-state index in [9.17, 15) is 4.39 Å². The van der Waals surface area contributed by atoms with Gasteiger partial charge in [-0.25, -0.2) is 4.39 Å². The van der Waals surface area contributed by atoms with Crippen molar-refractivity contribution in [3.05, 3.63) is 29.6 Å². The van der Waals surface area contributed by atoms with Crippen LogP contribution in [0.15, 0.2) is 18.2 Å².